The maximum Gasteiger partial charge on any atom is 0.255 e. The summed E-state index contributed by atoms with van der Waals surface area (Å²) in [6, 6.07) is 11.8. The van der Waals surface area contributed by atoms with Crippen molar-refractivity contribution in [3.8, 4) is 0 Å². The van der Waals surface area contributed by atoms with E-state index >= 15 is 0 Å². The van der Waals surface area contributed by atoms with Crippen molar-refractivity contribution in [2.45, 2.75) is 52.9 Å². The van der Waals surface area contributed by atoms with Crippen molar-refractivity contribution < 1.29 is 4.79 Å². The standard InChI is InChI=1S/C24H33N3O/c1-16-7-6-12-27(15-16)22-14-21(20(25)13-17(22)2)26-23(28)18-8-10-19(11-9-18)24(3,4)5/h8-11,13-14,16H,6-7,12,15,25H2,1-5H3,(H,26,28)/t16-/m1/s1. The molecule has 1 atom stereocenters. The normalized spacial score (nSPS) is 17.5. The van der Waals surface area contributed by atoms with E-state index in [0.717, 1.165) is 18.7 Å². The van der Waals surface area contributed by atoms with Gasteiger partial charge in [0.15, 0.2) is 0 Å². The Morgan fingerprint density at radius 3 is 2.46 bits per heavy atom. The molecule has 150 valence electrons. The molecule has 0 aliphatic carbocycles. The number of benzene rings is 2. The third kappa shape index (κ3) is 4.49. The molecule has 28 heavy (non-hydrogen) atoms. The number of anilines is 3. The summed E-state index contributed by atoms with van der Waals surface area (Å²) in [5.41, 5.74) is 11.7. The average Bonchev–Trinajstić information content (AvgIpc) is 2.63. The molecule has 1 amide bonds. The summed E-state index contributed by atoms with van der Waals surface area (Å²) in [6.45, 7) is 13.0. The first-order valence-corrected chi connectivity index (χ1v) is 10.2. The maximum atomic E-state index is 12.8. The third-order valence-electron chi connectivity index (χ3n) is 5.63. The Labute approximate surface area is 169 Å². The molecule has 0 spiro atoms. The molecule has 2 aromatic carbocycles. The van der Waals surface area contributed by atoms with Crippen LogP contribution < -0.4 is 16.0 Å². The first-order valence-electron chi connectivity index (χ1n) is 10.2. The Bertz CT molecular complexity index is 849. The fraction of sp³-hybridized carbons (Fsp3) is 0.458. The molecule has 0 unspecified atom stereocenters. The molecule has 4 heteroatoms. The van der Waals surface area contributed by atoms with Crippen LogP contribution in [0.25, 0.3) is 0 Å². The van der Waals surface area contributed by atoms with Crippen LogP contribution in [0.15, 0.2) is 36.4 Å². The van der Waals surface area contributed by atoms with E-state index in [-0.39, 0.29) is 11.3 Å². The highest BCUT2D eigenvalue weighted by Crippen LogP contribution is 2.32. The van der Waals surface area contributed by atoms with Gasteiger partial charge in [0, 0.05) is 24.3 Å². The SMILES string of the molecule is Cc1cc(N)c(NC(=O)c2ccc(C(C)(C)C)cc2)cc1N1CCC[C@@H](C)C1. The van der Waals surface area contributed by atoms with Crippen molar-refractivity contribution in [3.05, 3.63) is 53.1 Å². The van der Waals surface area contributed by atoms with Gasteiger partial charge in [-0.15, -0.1) is 0 Å². The van der Waals surface area contributed by atoms with E-state index in [2.05, 4.69) is 44.8 Å². The van der Waals surface area contributed by atoms with Crippen LogP contribution in [0.2, 0.25) is 0 Å². The lowest BCUT2D eigenvalue weighted by Crippen LogP contribution is -2.34. The number of nitrogens with two attached hydrogens (primary N) is 1. The minimum Gasteiger partial charge on any atom is -0.397 e. The first kappa shape index (κ1) is 20.2. The summed E-state index contributed by atoms with van der Waals surface area (Å²) >= 11 is 0. The van der Waals surface area contributed by atoms with Gasteiger partial charge in [-0.1, -0.05) is 39.8 Å². The van der Waals surface area contributed by atoms with Gasteiger partial charge in [-0.2, -0.15) is 0 Å². The number of aryl methyl sites for hydroxylation is 1. The highest BCUT2D eigenvalue weighted by atomic mass is 16.1. The van der Waals surface area contributed by atoms with E-state index in [4.69, 9.17) is 5.73 Å². The van der Waals surface area contributed by atoms with Crippen LogP contribution >= 0.6 is 0 Å². The van der Waals surface area contributed by atoms with Gasteiger partial charge in [-0.05, 0) is 66.5 Å². The maximum absolute atomic E-state index is 12.8. The second-order valence-electron chi connectivity index (χ2n) is 9.20. The van der Waals surface area contributed by atoms with Gasteiger partial charge in [0.25, 0.3) is 5.91 Å². The summed E-state index contributed by atoms with van der Waals surface area (Å²) in [7, 11) is 0. The number of carbonyl (C=O) groups is 1. The molecule has 1 heterocycles. The Morgan fingerprint density at radius 1 is 1.18 bits per heavy atom. The summed E-state index contributed by atoms with van der Waals surface area (Å²) in [5, 5.41) is 3.01. The second kappa shape index (κ2) is 7.86. The van der Waals surface area contributed by atoms with E-state index < -0.39 is 0 Å². The van der Waals surface area contributed by atoms with Gasteiger partial charge in [-0.25, -0.2) is 0 Å². The second-order valence-corrected chi connectivity index (χ2v) is 9.20. The van der Waals surface area contributed by atoms with Crippen molar-refractivity contribution >= 4 is 23.0 Å². The fourth-order valence-electron chi connectivity index (χ4n) is 3.89. The van der Waals surface area contributed by atoms with E-state index in [1.54, 1.807) is 0 Å². The van der Waals surface area contributed by atoms with Gasteiger partial charge >= 0.3 is 0 Å². The van der Waals surface area contributed by atoms with Crippen LogP contribution in [0.4, 0.5) is 17.1 Å². The zero-order valence-corrected chi connectivity index (χ0v) is 17.8. The smallest absolute Gasteiger partial charge is 0.255 e. The zero-order chi connectivity index (χ0) is 20.5. The number of nitrogen functional groups attached to an aromatic ring is 1. The Balaban J connectivity index is 1.81. The minimum absolute atomic E-state index is 0.0663. The predicted octanol–water partition coefficient (Wildman–Crippen LogP) is 5.36. The Hall–Kier alpha value is -2.49. The molecular formula is C24H33N3O. The van der Waals surface area contributed by atoms with Gasteiger partial charge in [0.1, 0.15) is 0 Å². The van der Waals surface area contributed by atoms with Crippen LogP contribution in [0, 0.1) is 12.8 Å². The number of nitrogens with zero attached hydrogens (tertiary/aromatic N) is 1. The molecule has 4 nitrogen and oxygen atoms in total. The van der Waals surface area contributed by atoms with Gasteiger partial charge in [0.05, 0.1) is 11.4 Å². The number of amides is 1. The first-order chi connectivity index (χ1) is 13.1. The van der Waals surface area contributed by atoms with Crippen molar-refractivity contribution in [1.29, 1.82) is 0 Å². The molecule has 3 rings (SSSR count). The summed E-state index contributed by atoms with van der Waals surface area (Å²) in [4.78, 5) is 15.2. The highest BCUT2D eigenvalue weighted by Gasteiger charge is 2.20. The van der Waals surface area contributed by atoms with Crippen LogP contribution in [-0.4, -0.2) is 19.0 Å². The van der Waals surface area contributed by atoms with Crippen molar-refractivity contribution in [2.75, 3.05) is 29.0 Å². The van der Waals surface area contributed by atoms with E-state index in [1.165, 1.54) is 24.1 Å². The lowest BCUT2D eigenvalue weighted by molar-refractivity contribution is 0.102. The van der Waals surface area contributed by atoms with Gasteiger partial charge in [-0.3, -0.25) is 4.79 Å². The lowest BCUT2D eigenvalue weighted by atomic mass is 9.87. The molecule has 0 bridgehead atoms. The molecule has 0 aromatic heterocycles. The molecule has 1 saturated heterocycles. The average molecular weight is 380 g/mol. The number of carbonyl (C=O) groups excluding carboxylic acids is 1. The lowest BCUT2D eigenvalue weighted by Gasteiger charge is -2.34. The number of piperidine rings is 1. The van der Waals surface area contributed by atoms with Crippen molar-refractivity contribution in [2.24, 2.45) is 5.92 Å². The largest absolute Gasteiger partial charge is 0.397 e. The number of hydrogen-bond donors (Lipinski definition) is 2. The van der Waals surface area contributed by atoms with Gasteiger partial charge in [0.2, 0.25) is 0 Å². The number of nitrogens with one attached hydrogen (secondary N) is 1. The van der Waals surface area contributed by atoms with Crippen LogP contribution in [0.5, 0.6) is 0 Å². The molecule has 3 N–H and O–H groups in total. The van der Waals surface area contributed by atoms with Crippen LogP contribution in [0.1, 0.15) is 62.0 Å². The number of rotatable bonds is 3. The van der Waals surface area contributed by atoms with E-state index in [0.29, 0.717) is 22.9 Å². The third-order valence-corrected chi connectivity index (χ3v) is 5.63. The predicted molar refractivity (Wildman–Crippen MR) is 119 cm³/mol. The summed E-state index contributed by atoms with van der Waals surface area (Å²) in [6.07, 6.45) is 2.48. The van der Waals surface area contributed by atoms with Crippen molar-refractivity contribution in [3.63, 3.8) is 0 Å². The molecule has 1 fully saturated rings. The zero-order valence-electron chi connectivity index (χ0n) is 17.8. The highest BCUT2D eigenvalue weighted by molar-refractivity contribution is 6.06. The monoisotopic (exact) mass is 379 g/mol. The topological polar surface area (TPSA) is 58.4 Å². The molecule has 0 saturated carbocycles. The van der Waals surface area contributed by atoms with Crippen LogP contribution in [0.3, 0.4) is 0 Å². The van der Waals surface area contributed by atoms with Crippen LogP contribution in [-0.2, 0) is 5.41 Å². The summed E-state index contributed by atoms with van der Waals surface area (Å²) < 4.78 is 0. The summed E-state index contributed by atoms with van der Waals surface area (Å²) in [5.74, 6) is 0.555. The van der Waals surface area contributed by atoms with E-state index in [9.17, 15) is 4.79 Å². The Morgan fingerprint density at radius 2 is 1.86 bits per heavy atom. The molecule has 1 aliphatic rings. The number of hydrogen-bond acceptors (Lipinski definition) is 3. The minimum atomic E-state index is -0.131. The molecule has 0 radical (unpaired) electrons. The molecule has 2 aromatic rings. The van der Waals surface area contributed by atoms with Crippen molar-refractivity contribution in [1.82, 2.24) is 0 Å². The molecular weight excluding hydrogens is 346 g/mol. The van der Waals surface area contributed by atoms with E-state index in [1.807, 2.05) is 36.4 Å². The Kier molecular flexibility index (Phi) is 5.69. The quantitative estimate of drug-likeness (QED) is 0.706. The fourth-order valence-corrected chi connectivity index (χ4v) is 3.89. The van der Waals surface area contributed by atoms with Gasteiger partial charge < -0.3 is 16.0 Å². The molecule has 1 aliphatic heterocycles.